The fourth-order valence-electron chi connectivity index (χ4n) is 2.60. The zero-order valence-electron chi connectivity index (χ0n) is 6.68. The molecule has 0 aromatic rings. The molecule has 1 unspecified atom stereocenters. The Balaban J connectivity index is 2.34. The van der Waals surface area contributed by atoms with Gasteiger partial charge in [-0.15, -0.1) is 0 Å². The minimum Gasteiger partial charge on any atom is -0.299 e. The molecule has 0 N–H and O–H groups in total. The Morgan fingerprint density at radius 2 is 2.10 bits per heavy atom. The van der Waals surface area contributed by atoms with Crippen LogP contribution in [-0.2, 0) is 4.79 Å². The smallest absolute Gasteiger partial charge is 0.141 e. The van der Waals surface area contributed by atoms with Crippen LogP contribution in [0, 0.1) is 17.3 Å². The van der Waals surface area contributed by atoms with Crippen LogP contribution in [0.2, 0.25) is 0 Å². The predicted octanol–water partition coefficient (Wildman–Crippen LogP) is 2.01. The highest BCUT2D eigenvalue weighted by molar-refractivity contribution is 5.89. The van der Waals surface area contributed by atoms with Crippen molar-refractivity contribution in [2.45, 2.75) is 33.1 Å². The molecule has 2 aliphatic rings. The topological polar surface area (TPSA) is 17.1 Å². The molecule has 0 aromatic carbocycles. The van der Waals surface area contributed by atoms with E-state index in [0.29, 0.717) is 17.6 Å². The Kier molecular flexibility index (Phi) is 1.04. The maximum Gasteiger partial charge on any atom is 0.141 e. The Bertz CT molecular complexity index is 181. The number of carbonyl (C=O) groups excluding carboxylic acids is 1. The zero-order chi connectivity index (χ0) is 7.35. The molecule has 0 aliphatic heterocycles. The quantitative estimate of drug-likeness (QED) is 0.500. The molecule has 0 amide bonds. The van der Waals surface area contributed by atoms with E-state index < -0.39 is 0 Å². The van der Waals surface area contributed by atoms with E-state index in [0.717, 1.165) is 0 Å². The maximum atomic E-state index is 11.5. The molecular formula is C9H14O. The second-order valence-electron chi connectivity index (χ2n) is 4.29. The van der Waals surface area contributed by atoms with E-state index in [2.05, 4.69) is 13.8 Å². The summed E-state index contributed by atoms with van der Waals surface area (Å²) in [5.74, 6) is 1.69. The van der Waals surface area contributed by atoms with Crippen LogP contribution in [-0.4, -0.2) is 5.78 Å². The minimum absolute atomic E-state index is 0.0307. The van der Waals surface area contributed by atoms with Crippen molar-refractivity contribution < 1.29 is 4.79 Å². The molecule has 0 radical (unpaired) electrons. The lowest BCUT2D eigenvalue weighted by atomic mass is 9.76. The highest BCUT2D eigenvalue weighted by atomic mass is 16.1. The van der Waals surface area contributed by atoms with Crippen molar-refractivity contribution >= 4 is 5.78 Å². The molecule has 0 heterocycles. The molecule has 2 bridgehead atoms. The van der Waals surface area contributed by atoms with Crippen LogP contribution in [0.15, 0.2) is 0 Å². The first-order valence-corrected chi connectivity index (χ1v) is 4.16. The van der Waals surface area contributed by atoms with Crippen molar-refractivity contribution in [3.63, 3.8) is 0 Å². The van der Waals surface area contributed by atoms with Crippen LogP contribution in [0.25, 0.3) is 0 Å². The first-order chi connectivity index (χ1) is 4.62. The number of hydrogen-bond acceptors (Lipinski definition) is 1. The number of rotatable bonds is 0. The van der Waals surface area contributed by atoms with Gasteiger partial charge in [-0.1, -0.05) is 13.8 Å². The molecule has 2 aliphatic carbocycles. The lowest BCUT2D eigenvalue weighted by Gasteiger charge is -2.27. The molecular weight excluding hydrogens is 124 g/mol. The first kappa shape index (κ1) is 6.38. The van der Waals surface area contributed by atoms with Gasteiger partial charge in [0.1, 0.15) is 5.78 Å². The van der Waals surface area contributed by atoms with Gasteiger partial charge in [-0.05, 0) is 25.2 Å². The number of ketones is 1. The van der Waals surface area contributed by atoms with Crippen LogP contribution in [0.3, 0.4) is 0 Å². The third kappa shape index (κ3) is 0.561. The summed E-state index contributed by atoms with van der Waals surface area (Å²) < 4.78 is 0. The number of hydrogen-bond donors (Lipinski definition) is 0. The van der Waals surface area contributed by atoms with Crippen LogP contribution in [0.4, 0.5) is 0 Å². The van der Waals surface area contributed by atoms with Gasteiger partial charge in [-0.3, -0.25) is 4.79 Å². The third-order valence-corrected chi connectivity index (χ3v) is 3.46. The summed E-state index contributed by atoms with van der Waals surface area (Å²) in [6.07, 6.45) is 3.65. The maximum absolute atomic E-state index is 11.5. The Morgan fingerprint density at radius 1 is 1.40 bits per heavy atom. The van der Waals surface area contributed by atoms with Gasteiger partial charge < -0.3 is 0 Å². The third-order valence-electron chi connectivity index (χ3n) is 3.46. The summed E-state index contributed by atoms with van der Waals surface area (Å²) in [6, 6.07) is 0. The van der Waals surface area contributed by atoms with E-state index in [4.69, 9.17) is 0 Å². The highest BCUT2D eigenvalue weighted by Crippen LogP contribution is 2.52. The van der Waals surface area contributed by atoms with Gasteiger partial charge in [0.25, 0.3) is 0 Å². The summed E-state index contributed by atoms with van der Waals surface area (Å²) in [6.45, 7) is 4.22. The molecule has 2 rings (SSSR count). The number of Topliss-reactive ketones (excluding diaryl/α,β-unsaturated/α-hetero) is 1. The van der Waals surface area contributed by atoms with Crippen LogP contribution in [0.1, 0.15) is 33.1 Å². The van der Waals surface area contributed by atoms with E-state index in [1.54, 1.807) is 0 Å². The molecule has 2 fully saturated rings. The normalized spacial score (nSPS) is 42.8. The van der Waals surface area contributed by atoms with Crippen LogP contribution >= 0.6 is 0 Å². The number of carbonyl (C=O) groups is 1. The van der Waals surface area contributed by atoms with Crippen molar-refractivity contribution in [1.82, 2.24) is 0 Å². The lowest BCUT2D eigenvalue weighted by Crippen LogP contribution is -2.30. The van der Waals surface area contributed by atoms with Gasteiger partial charge in [0.05, 0.1) is 0 Å². The fourth-order valence-corrected chi connectivity index (χ4v) is 2.60. The summed E-state index contributed by atoms with van der Waals surface area (Å²) in [5.41, 5.74) is 0.0307. The van der Waals surface area contributed by atoms with Crippen molar-refractivity contribution in [3.8, 4) is 0 Å². The molecule has 56 valence electrons. The molecule has 2 atom stereocenters. The molecule has 1 nitrogen and oxygen atoms in total. The predicted molar refractivity (Wildman–Crippen MR) is 39.6 cm³/mol. The largest absolute Gasteiger partial charge is 0.299 e. The first-order valence-electron chi connectivity index (χ1n) is 4.16. The van der Waals surface area contributed by atoms with Crippen molar-refractivity contribution in [1.29, 1.82) is 0 Å². The summed E-state index contributed by atoms with van der Waals surface area (Å²) >= 11 is 0. The van der Waals surface area contributed by atoms with Gasteiger partial charge >= 0.3 is 0 Å². The van der Waals surface area contributed by atoms with Crippen molar-refractivity contribution in [2.75, 3.05) is 0 Å². The number of fused-ring (bicyclic) bond motifs is 2. The van der Waals surface area contributed by atoms with Crippen molar-refractivity contribution in [2.24, 2.45) is 17.3 Å². The monoisotopic (exact) mass is 138 g/mol. The zero-order valence-corrected chi connectivity index (χ0v) is 6.68. The molecule has 10 heavy (non-hydrogen) atoms. The van der Waals surface area contributed by atoms with E-state index >= 15 is 0 Å². The molecule has 0 spiro atoms. The average Bonchev–Trinajstić information content (AvgIpc) is 2.37. The minimum atomic E-state index is 0.0307. The van der Waals surface area contributed by atoms with Gasteiger partial charge in [0.2, 0.25) is 0 Å². The summed E-state index contributed by atoms with van der Waals surface area (Å²) in [5, 5.41) is 0. The standard InChI is InChI=1S/C9H14O/c1-9(2)7-4-3-6(5-7)8(9)10/h6-7H,3-5H2,1-2H3/t6-,7?/m1/s1. The van der Waals surface area contributed by atoms with Crippen molar-refractivity contribution in [3.05, 3.63) is 0 Å². The van der Waals surface area contributed by atoms with E-state index in [-0.39, 0.29) is 5.41 Å². The molecule has 0 aromatic heterocycles. The fraction of sp³-hybridized carbons (Fsp3) is 0.889. The Morgan fingerprint density at radius 3 is 2.40 bits per heavy atom. The second kappa shape index (κ2) is 1.63. The summed E-state index contributed by atoms with van der Waals surface area (Å²) in [4.78, 5) is 11.5. The van der Waals surface area contributed by atoms with Gasteiger partial charge in [0, 0.05) is 11.3 Å². The average molecular weight is 138 g/mol. The Hall–Kier alpha value is -0.330. The Labute approximate surface area is 61.8 Å². The second-order valence-corrected chi connectivity index (χ2v) is 4.29. The van der Waals surface area contributed by atoms with E-state index in [1.807, 2.05) is 0 Å². The van der Waals surface area contributed by atoms with E-state index in [9.17, 15) is 4.79 Å². The molecule has 0 saturated heterocycles. The molecule has 2 saturated carbocycles. The summed E-state index contributed by atoms with van der Waals surface area (Å²) in [7, 11) is 0. The van der Waals surface area contributed by atoms with E-state index in [1.165, 1.54) is 19.3 Å². The van der Waals surface area contributed by atoms with Gasteiger partial charge in [-0.25, -0.2) is 0 Å². The SMILES string of the molecule is CC1(C)C(=O)[C@@H]2CCC1C2. The lowest BCUT2D eigenvalue weighted by molar-refractivity contribution is -0.130. The highest BCUT2D eigenvalue weighted by Gasteiger charge is 2.51. The van der Waals surface area contributed by atoms with Gasteiger partial charge in [-0.2, -0.15) is 0 Å². The molecule has 1 heteroatoms. The van der Waals surface area contributed by atoms with Crippen LogP contribution in [0.5, 0.6) is 0 Å². The van der Waals surface area contributed by atoms with Gasteiger partial charge in [0.15, 0.2) is 0 Å². The van der Waals surface area contributed by atoms with Crippen LogP contribution < -0.4 is 0 Å².